The number of benzene rings is 2. The van der Waals surface area contributed by atoms with Gasteiger partial charge in [0.05, 0.1) is 16.2 Å². The SMILES string of the molecule is CCS(=O)(=O)c1ccc(NCc2ccccc2)c(-c2nnc(C)o2)c1. The highest BCUT2D eigenvalue weighted by Crippen LogP contribution is 2.30. The molecule has 0 amide bonds. The first-order chi connectivity index (χ1) is 12.0. The van der Waals surface area contributed by atoms with Gasteiger partial charge in [0, 0.05) is 19.2 Å². The maximum Gasteiger partial charge on any atom is 0.249 e. The summed E-state index contributed by atoms with van der Waals surface area (Å²) < 4.78 is 29.9. The predicted molar refractivity (Wildman–Crippen MR) is 96.0 cm³/mol. The summed E-state index contributed by atoms with van der Waals surface area (Å²) in [5.41, 5.74) is 2.43. The highest BCUT2D eigenvalue weighted by atomic mass is 32.2. The minimum absolute atomic E-state index is 0.0338. The van der Waals surface area contributed by atoms with Crippen LogP contribution in [-0.4, -0.2) is 24.4 Å². The van der Waals surface area contributed by atoms with Crippen LogP contribution in [0.2, 0.25) is 0 Å². The van der Waals surface area contributed by atoms with E-state index >= 15 is 0 Å². The van der Waals surface area contributed by atoms with Crippen molar-refractivity contribution < 1.29 is 12.8 Å². The average Bonchev–Trinajstić information content (AvgIpc) is 3.07. The molecule has 3 aromatic rings. The van der Waals surface area contributed by atoms with Crippen molar-refractivity contribution in [3.05, 3.63) is 60.0 Å². The van der Waals surface area contributed by atoms with E-state index in [4.69, 9.17) is 4.42 Å². The normalized spacial score (nSPS) is 11.4. The van der Waals surface area contributed by atoms with Crippen molar-refractivity contribution in [3.63, 3.8) is 0 Å². The van der Waals surface area contributed by atoms with Crippen LogP contribution in [0.1, 0.15) is 18.4 Å². The molecule has 0 aliphatic rings. The third-order valence-electron chi connectivity index (χ3n) is 3.81. The van der Waals surface area contributed by atoms with Crippen LogP contribution in [0.5, 0.6) is 0 Å². The molecule has 0 atom stereocenters. The zero-order chi connectivity index (χ0) is 17.9. The number of nitrogens with zero attached hydrogens (tertiary/aromatic N) is 2. The predicted octanol–water partition coefficient (Wildman–Crippen LogP) is 3.45. The molecule has 0 bridgehead atoms. The summed E-state index contributed by atoms with van der Waals surface area (Å²) in [4.78, 5) is 0.242. The first-order valence-electron chi connectivity index (χ1n) is 7.94. The van der Waals surface area contributed by atoms with Gasteiger partial charge in [-0.3, -0.25) is 0 Å². The number of aryl methyl sites for hydroxylation is 1. The largest absolute Gasteiger partial charge is 0.421 e. The molecule has 0 saturated heterocycles. The molecule has 2 aromatic carbocycles. The zero-order valence-electron chi connectivity index (χ0n) is 14.1. The van der Waals surface area contributed by atoms with E-state index in [1.165, 1.54) is 0 Å². The van der Waals surface area contributed by atoms with Crippen molar-refractivity contribution in [2.45, 2.75) is 25.3 Å². The molecule has 1 N–H and O–H groups in total. The van der Waals surface area contributed by atoms with E-state index in [9.17, 15) is 8.42 Å². The van der Waals surface area contributed by atoms with E-state index in [2.05, 4.69) is 15.5 Å². The number of aromatic nitrogens is 2. The van der Waals surface area contributed by atoms with Crippen LogP contribution in [0.15, 0.2) is 57.8 Å². The van der Waals surface area contributed by atoms with Gasteiger partial charge in [0.2, 0.25) is 11.8 Å². The van der Waals surface area contributed by atoms with Gasteiger partial charge in [-0.1, -0.05) is 37.3 Å². The van der Waals surface area contributed by atoms with Crippen LogP contribution in [0, 0.1) is 6.92 Å². The monoisotopic (exact) mass is 357 g/mol. The fraction of sp³-hybridized carbons (Fsp3) is 0.222. The van der Waals surface area contributed by atoms with E-state index in [-0.39, 0.29) is 10.6 Å². The standard InChI is InChI=1S/C18H19N3O3S/c1-3-25(22,23)15-9-10-17(19-12-14-7-5-4-6-8-14)16(11-15)18-21-20-13(2)24-18/h4-11,19H,3,12H2,1-2H3. The fourth-order valence-electron chi connectivity index (χ4n) is 2.41. The Morgan fingerprint density at radius 3 is 2.48 bits per heavy atom. The number of hydrogen-bond acceptors (Lipinski definition) is 6. The van der Waals surface area contributed by atoms with Gasteiger partial charge < -0.3 is 9.73 Å². The fourth-order valence-corrected chi connectivity index (χ4v) is 3.32. The topological polar surface area (TPSA) is 85.1 Å². The quantitative estimate of drug-likeness (QED) is 0.727. The van der Waals surface area contributed by atoms with Gasteiger partial charge in [0.15, 0.2) is 9.84 Å². The summed E-state index contributed by atoms with van der Waals surface area (Å²) in [6.07, 6.45) is 0. The Labute approximate surface area is 146 Å². The second kappa shape index (κ2) is 7.06. The average molecular weight is 357 g/mol. The molecule has 1 aromatic heterocycles. The first kappa shape index (κ1) is 17.2. The summed E-state index contributed by atoms with van der Waals surface area (Å²) in [7, 11) is -3.32. The molecule has 130 valence electrons. The lowest BCUT2D eigenvalue weighted by Crippen LogP contribution is -2.06. The van der Waals surface area contributed by atoms with Crippen LogP contribution in [0.3, 0.4) is 0 Å². The van der Waals surface area contributed by atoms with Crippen molar-refractivity contribution in [1.29, 1.82) is 0 Å². The Hall–Kier alpha value is -2.67. The molecular formula is C18H19N3O3S. The second-order valence-corrected chi connectivity index (χ2v) is 7.85. The molecule has 0 fully saturated rings. The maximum absolute atomic E-state index is 12.2. The van der Waals surface area contributed by atoms with Crippen molar-refractivity contribution in [3.8, 4) is 11.5 Å². The molecule has 0 spiro atoms. The highest BCUT2D eigenvalue weighted by molar-refractivity contribution is 7.91. The van der Waals surface area contributed by atoms with Crippen molar-refractivity contribution in [2.24, 2.45) is 0 Å². The van der Waals surface area contributed by atoms with Gasteiger partial charge in [0.25, 0.3) is 0 Å². The van der Waals surface area contributed by atoms with Crippen LogP contribution in [0.25, 0.3) is 11.5 Å². The van der Waals surface area contributed by atoms with Gasteiger partial charge >= 0.3 is 0 Å². The summed E-state index contributed by atoms with van der Waals surface area (Å²) >= 11 is 0. The summed E-state index contributed by atoms with van der Waals surface area (Å²) in [6.45, 7) is 3.91. The van der Waals surface area contributed by atoms with E-state index < -0.39 is 9.84 Å². The van der Waals surface area contributed by atoms with Gasteiger partial charge in [-0.15, -0.1) is 10.2 Å². The molecule has 25 heavy (non-hydrogen) atoms. The number of sulfone groups is 1. The lowest BCUT2D eigenvalue weighted by Gasteiger charge is -2.12. The molecule has 0 saturated carbocycles. The molecule has 0 aliphatic heterocycles. The van der Waals surface area contributed by atoms with Gasteiger partial charge in [-0.2, -0.15) is 0 Å². The molecule has 7 heteroatoms. The van der Waals surface area contributed by atoms with Crippen LogP contribution >= 0.6 is 0 Å². The van der Waals surface area contributed by atoms with E-state index in [0.29, 0.717) is 23.9 Å². The smallest absolute Gasteiger partial charge is 0.249 e. The molecule has 3 rings (SSSR count). The van der Waals surface area contributed by atoms with E-state index in [1.807, 2.05) is 30.3 Å². The maximum atomic E-state index is 12.2. The second-order valence-electron chi connectivity index (χ2n) is 5.58. The molecule has 1 heterocycles. The summed E-state index contributed by atoms with van der Waals surface area (Å²) in [5.74, 6) is 0.750. The lowest BCUT2D eigenvalue weighted by molar-refractivity contribution is 0.533. The Kier molecular flexibility index (Phi) is 4.85. The summed E-state index contributed by atoms with van der Waals surface area (Å²) in [5, 5.41) is 11.2. The third kappa shape index (κ3) is 3.88. The molecule has 6 nitrogen and oxygen atoms in total. The van der Waals surface area contributed by atoms with Crippen molar-refractivity contribution in [2.75, 3.05) is 11.1 Å². The molecular weight excluding hydrogens is 338 g/mol. The number of hydrogen-bond donors (Lipinski definition) is 1. The Bertz CT molecular complexity index is 966. The molecule has 0 radical (unpaired) electrons. The Morgan fingerprint density at radius 2 is 1.84 bits per heavy atom. The summed E-state index contributed by atoms with van der Waals surface area (Å²) in [6, 6.07) is 14.8. The van der Waals surface area contributed by atoms with Crippen LogP contribution in [-0.2, 0) is 16.4 Å². The van der Waals surface area contributed by atoms with Crippen molar-refractivity contribution >= 4 is 15.5 Å². The Morgan fingerprint density at radius 1 is 1.08 bits per heavy atom. The van der Waals surface area contributed by atoms with E-state index in [0.717, 1.165) is 11.3 Å². The minimum Gasteiger partial charge on any atom is -0.421 e. The first-order valence-corrected chi connectivity index (χ1v) is 9.60. The molecule has 0 aliphatic carbocycles. The Balaban J connectivity index is 1.99. The van der Waals surface area contributed by atoms with Crippen molar-refractivity contribution in [1.82, 2.24) is 10.2 Å². The number of rotatable bonds is 6. The highest BCUT2D eigenvalue weighted by Gasteiger charge is 2.18. The van der Waals surface area contributed by atoms with Crippen LogP contribution < -0.4 is 5.32 Å². The van der Waals surface area contributed by atoms with Gasteiger partial charge in [0.1, 0.15) is 0 Å². The number of anilines is 1. The third-order valence-corrected chi connectivity index (χ3v) is 5.54. The zero-order valence-corrected chi connectivity index (χ0v) is 14.9. The van der Waals surface area contributed by atoms with Crippen LogP contribution in [0.4, 0.5) is 5.69 Å². The molecule has 0 unspecified atom stereocenters. The van der Waals surface area contributed by atoms with Gasteiger partial charge in [-0.05, 0) is 23.8 Å². The lowest BCUT2D eigenvalue weighted by atomic mass is 10.1. The van der Waals surface area contributed by atoms with E-state index in [1.54, 1.807) is 32.0 Å². The van der Waals surface area contributed by atoms with Gasteiger partial charge in [-0.25, -0.2) is 8.42 Å². The number of nitrogens with one attached hydrogen (secondary N) is 1. The minimum atomic E-state index is -3.32.